The number of rotatable bonds is 4. The lowest BCUT2D eigenvalue weighted by molar-refractivity contribution is 0.0602. The summed E-state index contributed by atoms with van der Waals surface area (Å²) < 4.78 is 9.27. The topological polar surface area (TPSA) is 84.9 Å². The Hall–Kier alpha value is -2.08. The van der Waals surface area contributed by atoms with Gasteiger partial charge < -0.3 is 14.6 Å². The lowest BCUT2D eigenvalue weighted by Crippen LogP contribution is -2.18. The molecule has 0 bridgehead atoms. The van der Waals surface area contributed by atoms with Gasteiger partial charge >= 0.3 is 12.1 Å². The molecular weight excluding hydrogens is 238 g/mol. The van der Waals surface area contributed by atoms with E-state index in [1.54, 1.807) is 18.2 Å². The highest BCUT2D eigenvalue weighted by atomic mass is 16.6. The molecule has 0 spiro atoms. The molecule has 0 aliphatic carbocycles. The van der Waals surface area contributed by atoms with Crippen molar-refractivity contribution in [3.05, 3.63) is 29.3 Å². The van der Waals surface area contributed by atoms with E-state index in [9.17, 15) is 9.59 Å². The monoisotopic (exact) mass is 253 g/mol. The maximum atomic E-state index is 11.5. The van der Waals surface area contributed by atoms with Gasteiger partial charge in [-0.1, -0.05) is 11.6 Å². The normalized spacial score (nSPS) is 9.72. The summed E-state index contributed by atoms with van der Waals surface area (Å²) in [4.78, 5) is 22.9. The number of ether oxygens (including phenoxy) is 2. The van der Waals surface area contributed by atoms with E-state index in [1.165, 1.54) is 7.11 Å². The lowest BCUT2D eigenvalue weighted by atomic mass is 10.1. The molecule has 6 nitrogen and oxygen atoms in total. The van der Waals surface area contributed by atoms with Gasteiger partial charge in [0.15, 0.2) is 0 Å². The molecule has 0 atom stereocenters. The molecule has 1 aromatic rings. The van der Waals surface area contributed by atoms with Crippen LogP contribution < -0.4 is 5.32 Å². The zero-order valence-electron chi connectivity index (χ0n) is 10.2. The van der Waals surface area contributed by atoms with Crippen LogP contribution in [0.2, 0.25) is 0 Å². The first-order chi connectivity index (χ1) is 8.58. The van der Waals surface area contributed by atoms with E-state index in [1.807, 2.05) is 6.92 Å². The number of carbonyl (C=O) groups excluding carboxylic acids is 2. The number of aryl methyl sites for hydroxylation is 1. The molecule has 18 heavy (non-hydrogen) atoms. The lowest BCUT2D eigenvalue weighted by Gasteiger charge is -2.10. The van der Waals surface area contributed by atoms with Crippen LogP contribution in [-0.4, -0.2) is 37.5 Å². The van der Waals surface area contributed by atoms with Crippen LogP contribution in [0.3, 0.4) is 0 Å². The minimum Gasteiger partial charge on any atom is -0.465 e. The minimum absolute atomic E-state index is 0.106. The second-order valence-electron chi connectivity index (χ2n) is 3.53. The summed E-state index contributed by atoms with van der Waals surface area (Å²) in [5, 5.41) is 10.9. The number of methoxy groups -OCH3 is 1. The Morgan fingerprint density at radius 3 is 2.72 bits per heavy atom. The number of benzene rings is 1. The summed E-state index contributed by atoms with van der Waals surface area (Å²) in [6, 6.07) is 4.93. The predicted octanol–water partition coefficient (Wildman–Crippen LogP) is 1.32. The van der Waals surface area contributed by atoms with Crippen molar-refractivity contribution in [2.24, 2.45) is 0 Å². The van der Waals surface area contributed by atoms with Crippen LogP contribution in [0.25, 0.3) is 0 Å². The maximum Gasteiger partial charge on any atom is 0.411 e. The fraction of sp³-hybridized carbons (Fsp3) is 0.333. The maximum absolute atomic E-state index is 11.5. The Labute approximate surface area is 105 Å². The molecule has 1 amide bonds. The highest BCUT2D eigenvalue weighted by molar-refractivity contribution is 5.99. The average Bonchev–Trinajstić information content (AvgIpc) is 2.37. The van der Waals surface area contributed by atoms with E-state index in [2.05, 4.69) is 14.8 Å². The third-order valence-corrected chi connectivity index (χ3v) is 2.14. The first-order valence-corrected chi connectivity index (χ1v) is 5.32. The molecule has 0 radical (unpaired) electrons. The van der Waals surface area contributed by atoms with E-state index in [0.717, 1.165) is 5.56 Å². The van der Waals surface area contributed by atoms with Gasteiger partial charge in [0.05, 0.1) is 25.0 Å². The zero-order chi connectivity index (χ0) is 13.5. The fourth-order valence-electron chi connectivity index (χ4n) is 1.33. The second kappa shape index (κ2) is 6.61. The Kier molecular flexibility index (Phi) is 5.13. The standard InChI is InChI=1S/C12H15NO5/c1-8-3-4-10(9(7-8)11(15)17-2)13-12(16)18-6-5-14/h3-4,7,14H,5-6H2,1-2H3,(H,13,16). The third kappa shape index (κ3) is 3.74. The first kappa shape index (κ1) is 14.0. The van der Waals surface area contributed by atoms with E-state index in [0.29, 0.717) is 5.69 Å². The smallest absolute Gasteiger partial charge is 0.411 e. The van der Waals surface area contributed by atoms with Gasteiger partial charge in [0, 0.05) is 0 Å². The van der Waals surface area contributed by atoms with Crippen LogP contribution in [0.4, 0.5) is 10.5 Å². The minimum atomic E-state index is -0.738. The van der Waals surface area contributed by atoms with E-state index in [4.69, 9.17) is 5.11 Å². The summed E-state index contributed by atoms with van der Waals surface area (Å²) in [6.07, 6.45) is -0.738. The van der Waals surface area contributed by atoms with E-state index in [-0.39, 0.29) is 18.8 Å². The predicted molar refractivity (Wildman–Crippen MR) is 64.6 cm³/mol. The molecule has 0 saturated carbocycles. The van der Waals surface area contributed by atoms with E-state index >= 15 is 0 Å². The molecule has 0 saturated heterocycles. The van der Waals surface area contributed by atoms with Crippen molar-refractivity contribution < 1.29 is 24.2 Å². The van der Waals surface area contributed by atoms with Gasteiger partial charge in [0.1, 0.15) is 6.61 Å². The number of amides is 1. The number of carbonyl (C=O) groups is 2. The quantitative estimate of drug-likeness (QED) is 0.790. The highest BCUT2D eigenvalue weighted by Gasteiger charge is 2.14. The molecule has 1 rings (SSSR count). The number of aliphatic hydroxyl groups excluding tert-OH is 1. The SMILES string of the molecule is COC(=O)c1cc(C)ccc1NC(=O)OCCO. The van der Waals surface area contributed by atoms with Crippen LogP contribution in [0.5, 0.6) is 0 Å². The second-order valence-corrected chi connectivity index (χ2v) is 3.53. The molecule has 1 aromatic carbocycles. The molecule has 0 aliphatic rings. The number of anilines is 1. The molecule has 98 valence electrons. The van der Waals surface area contributed by atoms with Crippen molar-refractivity contribution in [3.63, 3.8) is 0 Å². The van der Waals surface area contributed by atoms with Crippen LogP contribution in [0.15, 0.2) is 18.2 Å². The number of nitrogens with one attached hydrogen (secondary N) is 1. The largest absolute Gasteiger partial charge is 0.465 e. The number of hydrogen-bond donors (Lipinski definition) is 2. The summed E-state index contributed by atoms with van der Waals surface area (Å²) in [5.74, 6) is -0.545. The molecule has 0 aliphatic heterocycles. The van der Waals surface area contributed by atoms with Crippen molar-refractivity contribution in [1.29, 1.82) is 0 Å². The number of esters is 1. The van der Waals surface area contributed by atoms with Crippen molar-refractivity contribution in [3.8, 4) is 0 Å². The van der Waals surface area contributed by atoms with Crippen molar-refractivity contribution >= 4 is 17.7 Å². The van der Waals surface area contributed by atoms with E-state index < -0.39 is 12.1 Å². The Balaban J connectivity index is 2.87. The third-order valence-electron chi connectivity index (χ3n) is 2.14. The van der Waals surface area contributed by atoms with Gasteiger partial charge in [-0.2, -0.15) is 0 Å². The summed E-state index contributed by atoms with van der Waals surface area (Å²) in [5.41, 5.74) is 1.42. The number of aliphatic hydroxyl groups is 1. The van der Waals surface area contributed by atoms with Gasteiger partial charge in [-0.25, -0.2) is 9.59 Å². The molecule has 6 heteroatoms. The van der Waals surface area contributed by atoms with Crippen molar-refractivity contribution in [1.82, 2.24) is 0 Å². The summed E-state index contributed by atoms with van der Waals surface area (Å²) >= 11 is 0. The van der Waals surface area contributed by atoms with Gasteiger partial charge in [0.2, 0.25) is 0 Å². The van der Waals surface area contributed by atoms with Gasteiger partial charge in [-0.15, -0.1) is 0 Å². The van der Waals surface area contributed by atoms with Crippen LogP contribution in [-0.2, 0) is 9.47 Å². The first-order valence-electron chi connectivity index (χ1n) is 5.32. The van der Waals surface area contributed by atoms with Crippen LogP contribution >= 0.6 is 0 Å². The Bertz CT molecular complexity index is 444. The molecule has 2 N–H and O–H groups in total. The summed E-state index contributed by atoms with van der Waals surface area (Å²) in [7, 11) is 1.26. The van der Waals surface area contributed by atoms with Gasteiger partial charge in [0.25, 0.3) is 0 Å². The number of hydrogen-bond acceptors (Lipinski definition) is 5. The molecular formula is C12H15NO5. The van der Waals surface area contributed by atoms with Crippen molar-refractivity contribution in [2.75, 3.05) is 25.6 Å². The van der Waals surface area contributed by atoms with Crippen LogP contribution in [0, 0.1) is 6.92 Å². The fourth-order valence-corrected chi connectivity index (χ4v) is 1.33. The Morgan fingerprint density at radius 2 is 2.11 bits per heavy atom. The molecule has 0 aromatic heterocycles. The van der Waals surface area contributed by atoms with Crippen molar-refractivity contribution in [2.45, 2.75) is 6.92 Å². The highest BCUT2D eigenvalue weighted by Crippen LogP contribution is 2.18. The molecule has 0 heterocycles. The average molecular weight is 253 g/mol. The zero-order valence-corrected chi connectivity index (χ0v) is 10.2. The van der Waals surface area contributed by atoms with Gasteiger partial charge in [-0.05, 0) is 19.1 Å². The summed E-state index contributed by atoms with van der Waals surface area (Å²) in [6.45, 7) is 1.46. The molecule has 0 fully saturated rings. The molecule has 0 unspecified atom stereocenters. The van der Waals surface area contributed by atoms with Crippen LogP contribution in [0.1, 0.15) is 15.9 Å². The van der Waals surface area contributed by atoms with Gasteiger partial charge in [-0.3, -0.25) is 5.32 Å². The Morgan fingerprint density at radius 1 is 1.39 bits per heavy atom.